The molecule has 0 spiro atoms. The highest BCUT2D eigenvalue weighted by molar-refractivity contribution is 8.03. The van der Waals surface area contributed by atoms with Crippen molar-refractivity contribution in [2.45, 2.75) is 53.3 Å². The van der Waals surface area contributed by atoms with E-state index in [0.717, 1.165) is 24.6 Å². The second-order valence-corrected chi connectivity index (χ2v) is 11.8. The number of hydrogen-bond acceptors (Lipinski definition) is 9. The average Bonchev–Trinajstić information content (AvgIpc) is 3.57. The van der Waals surface area contributed by atoms with Gasteiger partial charge in [-0.05, 0) is 44.1 Å². The number of hydrogen-bond donors (Lipinski definition) is 2. The number of carbonyl (C=O) groups is 1. The molecule has 184 valence electrons. The molecule has 2 aromatic rings. The number of nitrogens with one attached hydrogen (secondary N) is 1. The molecule has 10 nitrogen and oxygen atoms in total. The van der Waals surface area contributed by atoms with Gasteiger partial charge in [0, 0.05) is 25.5 Å². The fourth-order valence-corrected chi connectivity index (χ4v) is 6.13. The maximum atomic E-state index is 13.3. The Labute approximate surface area is 203 Å². The standard InChI is InChI=1S/C22H29N5O5S2/c1-14(33-22-18(23)5-6-20(26-22)31-2)25-21(28)19(11-15-7-9-32-10-8-15)27-13-17(12-24-27)34(29,30)16-3-4-16/h5-6,12-13,15-16,19H,1,3-4,7-11,23H2,2H3,(H,25,28)/t19-/m1/s1. The fraction of sp³-hybridized carbons (Fsp3) is 0.500. The van der Waals surface area contributed by atoms with Gasteiger partial charge in [-0.2, -0.15) is 5.10 Å². The van der Waals surface area contributed by atoms with E-state index in [0.29, 0.717) is 54.1 Å². The molecular formula is C22H29N5O5S2. The SMILES string of the molecule is C=C(NC(=O)[C@@H](CC1CCOCC1)n1cc(S(=O)(=O)C2CC2)cn1)Sc1nc(OC)ccc1N. The summed E-state index contributed by atoms with van der Waals surface area (Å²) in [7, 11) is -1.90. The summed E-state index contributed by atoms with van der Waals surface area (Å²) in [6, 6.07) is 2.62. The third-order valence-corrected chi connectivity index (χ3v) is 9.03. The van der Waals surface area contributed by atoms with Crippen LogP contribution in [0.1, 0.15) is 38.1 Å². The highest BCUT2D eigenvalue weighted by Gasteiger charge is 2.38. The topological polar surface area (TPSA) is 138 Å². The maximum Gasteiger partial charge on any atom is 0.249 e. The lowest BCUT2D eigenvalue weighted by molar-refractivity contribution is -0.124. The first-order valence-electron chi connectivity index (χ1n) is 11.1. The number of nitrogen functional groups attached to an aromatic ring is 1. The Kier molecular flexibility index (Phi) is 7.48. The summed E-state index contributed by atoms with van der Waals surface area (Å²) in [5, 5.41) is 7.54. The van der Waals surface area contributed by atoms with Gasteiger partial charge in [0.1, 0.15) is 16.0 Å². The predicted molar refractivity (Wildman–Crippen MR) is 128 cm³/mol. The first-order chi connectivity index (χ1) is 16.3. The molecule has 3 N–H and O–H groups in total. The smallest absolute Gasteiger partial charge is 0.249 e. The molecule has 4 rings (SSSR count). The molecule has 2 aliphatic rings. The van der Waals surface area contributed by atoms with Gasteiger partial charge in [-0.1, -0.05) is 18.3 Å². The normalized spacial score (nSPS) is 17.8. The summed E-state index contributed by atoms with van der Waals surface area (Å²) in [5.74, 6) is 0.326. The zero-order valence-electron chi connectivity index (χ0n) is 19.0. The third kappa shape index (κ3) is 5.73. The summed E-state index contributed by atoms with van der Waals surface area (Å²) < 4.78 is 37.3. The summed E-state index contributed by atoms with van der Waals surface area (Å²) in [5.41, 5.74) is 6.43. The third-order valence-electron chi connectivity index (χ3n) is 5.94. The number of methoxy groups -OCH3 is 1. The molecule has 0 bridgehead atoms. The van der Waals surface area contributed by atoms with Crippen LogP contribution in [-0.2, 0) is 19.4 Å². The number of pyridine rings is 1. The van der Waals surface area contributed by atoms with Crippen LogP contribution in [0.5, 0.6) is 5.88 Å². The molecule has 1 atom stereocenters. The molecule has 1 aliphatic heterocycles. The number of ether oxygens (including phenoxy) is 2. The summed E-state index contributed by atoms with van der Waals surface area (Å²) >= 11 is 1.12. The number of rotatable bonds is 10. The van der Waals surface area contributed by atoms with E-state index in [-0.39, 0.29) is 22.0 Å². The van der Waals surface area contributed by atoms with Crippen LogP contribution in [0.3, 0.4) is 0 Å². The lowest BCUT2D eigenvalue weighted by atomic mass is 9.92. The van der Waals surface area contributed by atoms with Crippen molar-refractivity contribution in [1.29, 1.82) is 0 Å². The number of anilines is 1. The second-order valence-electron chi connectivity index (χ2n) is 8.47. The molecule has 1 saturated carbocycles. The Morgan fingerprint density at radius 3 is 2.76 bits per heavy atom. The van der Waals surface area contributed by atoms with Crippen LogP contribution in [0.15, 0.2) is 46.1 Å². The molecule has 0 unspecified atom stereocenters. The highest BCUT2D eigenvalue weighted by atomic mass is 32.2. The van der Waals surface area contributed by atoms with Crippen LogP contribution in [0.2, 0.25) is 0 Å². The van der Waals surface area contributed by atoms with Crippen LogP contribution in [0.4, 0.5) is 5.69 Å². The number of aromatic nitrogens is 3. The quantitative estimate of drug-likeness (QED) is 0.465. The van der Waals surface area contributed by atoms with Crippen molar-refractivity contribution in [2.75, 3.05) is 26.1 Å². The maximum absolute atomic E-state index is 13.3. The number of nitrogens with two attached hydrogens (primary N) is 1. The summed E-state index contributed by atoms with van der Waals surface area (Å²) in [6.07, 6.45) is 6.31. The molecule has 1 amide bonds. The molecule has 2 fully saturated rings. The van der Waals surface area contributed by atoms with E-state index in [9.17, 15) is 13.2 Å². The van der Waals surface area contributed by atoms with Crippen LogP contribution in [0, 0.1) is 5.92 Å². The lowest BCUT2D eigenvalue weighted by Gasteiger charge is -2.26. The van der Waals surface area contributed by atoms with Crippen molar-refractivity contribution in [3.05, 3.63) is 36.1 Å². The van der Waals surface area contributed by atoms with Gasteiger partial charge < -0.3 is 20.5 Å². The van der Waals surface area contributed by atoms with Crippen molar-refractivity contribution >= 4 is 33.2 Å². The van der Waals surface area contributed by atoms with Gasteiger partial charge in [0.25, 0.3) is 0 Å². The van der Waals surface area contributed by atoms with Gasteiger partial charge in [0.05, 0.1) is 29.3 Å². The Hall–Kier alpha value is -2.57. The fourth-order valence-electron chi connectivity index (χ4n) is 3.83. The van der Waals surface area contributed by atoms with E-state index < -0.39 is 15.9 Å². The monoisotopic (exact) mass is 507 g/mol. The van der Waals surface area contributed by atoms with E-state index in [1.54, 1.807) is 12.1 Å². The molecule has 0 aromatic carbocycles. The van der Waals surface area contributed by atoms with Gasteiger partial charge in [0.2, 0.25) is 11.8 Å². The van der Waals surface area contributed by atoms with Crippen molar-refractivity contribution in [2.24, 2.45) is 5.92 Å². The summed E-state index contributed by atoms with van der Waals surface area (Å²) in [4.78, 5) is 17.8. The second kappa shape index (κ2) is 10.4. The number of sulfone groups is 1. The van der Waals surface area contributed by atoms with Crippen molar-refractivity contribution in [3.8, 4) is 5.88 Å². The highest BCUT2D eigenvalue weighted by Crippen LogP contribution is 2.34. The molecular weight excluding hydrogens is 478 g/mol. The van der Waals surface area contributed by atoms with Gasteiger partial charge in [-0.25, -0.2) is 13.4 Å². The Morgan fingerprint density at radius 1 is 1.35 bits per heavy atom. The number of carbonyl (C=O) groups excluding carboxylic acids is 1. The zero-order chi connectivity index (χ0) is 24.3. The van der Waals surface area contributed by atoms with Crippen molar-refractivity contribution in [3.63, 3.8) is 0 Å². The van der Waals surface area contributed by atoms with Gasteiger partial charge in [-0.3, -0.25) is 9.48 Å². The van der Waals surface area contributed by atoms with E-state index in [4.69, 9.17) is 15.2 Å². The van der Waals surface area contributed by atoms with Crippen LogP contribution in [-0.4, -0.2) is 54.7 Å². The van der Waals surface area contributed by atoms with Crippen LogP contribution in [0.25, 0.3) is 0 Å². The molecule has 0 radical (unpaired) electrons. The van der Waals surface area contributed by atoms with Gasteiger partial charge >= 0.3 is 0 Å². The van der Waals surface area contributed by atoms with Gasteiger partial charge in [-0.15, -0.1) is 0 Å². The molecule has 3 heterocycles. The minimum absolute atomic E-state index is 0.154. The van der Waals surface area contributed by atoms with Gasteiger partial charge in [0.15, 0.2) is 9.84 Å². The van der Waals surface area contributed by atoms with Crippen molar-refractivity contribution in [1.82, 2.24) is 20.1 Å². The van der Waals surface area contributed by atoms with Crippen LogP contribution < -0.4 is 15.8 Å². The minimum Gasteiger partial charge on any atom is -0.481 e. The molecule has 2 aromatic heterocycles. The number of nitrogens with zero attached hydrogens (tertiary/aromatic N) is 3. The van der Waals surface area contributed by atoms with E-state index in [2.05, 4.69) is 22.0 Å². The number of thioether (sulfide) groups is 1. The molecule has 1 aliphatic carbocycles. The Balaban J connectivity index is 1.51. The largest absolute Gasteiger partial charge is 0.481 e. The zero-order valence-corrected chi connectivity index (χ0v) is 20.6. The molecule has 1 saturated heterocycles. The molecule has 34 heavy (non-hydrogen) atoms. The van der Waals surface area contributed by atoms with Crippen LogP contribution >= 0.6 is 11.8 Å². The van der Waals surface area contributed by atoms with E-state index in [1.165, 1.54) is 24.2 Å². The Bertz CT molecular complexity index is 1160. The predicted octanol–water partition coefficient (Wildman–Crippen LogP) is 2.54. The molecule has 12 heteroatoms. The lowest BCUT2D eigenvalue weighted by Crippen LogP contribution is -2.34. The minimum atomic E-state index is -3.40. The van der Waals surface area contributed by atoms with Crippen molar-refractivity contribution < 1.29 is 22.7 Å². The number of amides is 1. The summed E-state index contributed by atoms with van der Waals surface area (Å²) in [6.45, 7) is 5.22. The van der Waals surface area contributed by atoms with E-state index in [1.807, 2.05) is 0 Å². The Morgan fingerprint density at radius 2 is 2.09 bits per heavy atom. The average molecular weight is 508 g/mol. The first kappa shape index (κ1) is 24.6. The first-order valence-corrected chi connectivity index (χ1v) is 13.5. The van der Waals surface area contributed by atoms with E-state index >= 15 is 0 Å².